The zero-order valence-corrected chi connectivity index (χ0v) is 10.9. The van der Waals surface area contributed by atoms with Crippen LogP contribution in [0.15, 0.2) is 24.3 Å². The van der Waals surface area contributed by atoms with Gasteiger partial charge in [0.15, 0.2) is 0 Å². The Labute approximate surface area is 115 Å². The van der Waals surface area contributed by atoms with Crippen molar-refractivity contribution in [1.29, 1.82) is 0 Å². The van der Waals surface area contributed by atoms with Gasteiger partial charge < -0.3 is 15.4 Å². The van der Waals surface area contributed by atoms with Gasteiger partial charge >= 0.3 is 5.97 Å². The molecular weight excluding hydrogens is 264 g/mol. The molecule has 3 rings (SSSR count). The molecule has 0 saturated carbocycles. The highest BCUT2D eigenvalue weighted by Crippen LogP contribution is 2.34. The number of nitrogens with one attached hydrogen (secondary N) is 2. The lowest BCUT2D eigenvalue weighted by Gasteiger charge is -2.14. The summed E-state index contributed by atoms with van der Waals surface area (Å²) in [5.74, 6) is -0.957. The highest BCUT2D eigenvalue weighted by atomic mass is 35.5. The number of hydrogen-bond donors (Lipinski definition) is 3. The van der Waals surface area contributed by atoms with Gasteiger partial charge in [-0.15, -0.1) is 0 Å². The fourth-order valence-corrected chi connectivity index (χ4v) is 2.75. The number of H-pyrrole nitrogens is 1. The Morgan fingerprint density at radius 2 is 2.21 bits per heavy atom. The second-order valence-electron chi connectivity index (χ2n) is 4.53. The maximum Gasteiger partial charge on any atom is 0.352 e. The fourth-order valence-electron chi connectivity index (χ4n) is 2.53. The Hall–Kier alpha value is -1.78. The lowest BCUT2D eigenvalue weighted by atomic mass is 9.97. The third kappa shape index (κ3) is 2.03. The molecule has 0 bridgehead atoms. The van der Waals surface area contributed by atoms with E-state index < -0.39 is 5.97 Å². The molecule has 0 atom stereocenters. The summed E-state index contributed by atoms with van der Waals surface area (Å²) >= 11 is 6.13. The SMILES string of the molecule is O=C(O)c1[nH]c2c(Cl)cccc2c1C1=CCNCC1. The van der Waals surface area contributed by atoms with Crippen molar-refractivity contribution in [2.45, 2.75) is 6.42 Å². The van der Waals surface area contributed by atoms with Crippen LogP contribution in [-0.2, 0) is 0 Å². The van der Waals surface area contributed by atoms with Gasteiger partial charge in [0.2, 0.25) is 0 Å². The molecule has 0 fully saturated rings. The lowest BCUT2D eigenvalue weighted by molar-refractivity contribution is 0.0691. The van der Waals surface area contributed by atoms with Crippen LogP contribution < -0.4 is 5.32 Å². The van der Waals surface area contributed by atoms with Crippen LogP contribution in [0.2, 0.25) is 5.02 Å². The first-order valence-electron chi connectivity index (χ1n) is 6.12. The number of hydrogen-bond acceptors (Lipinski definition) is 2. The van der Waals surface area contributed by atoms with Crippen LogP contribution in [0.1, 0.15) is 22.5 Å². The maximum absolute atomic E-state index is 11.4. The molecule has 2 aromatic rings. The van der Waals surface area contributed by atoms with Gasteiger partial charge in [-0.1, -0.05) is 29.8 Å². The Kier molecular flexibility index (Phi) is 3.05. The van der Waals surface area contributed by atoms with Crippen LogP contribution in [0.3, 0.4) is 0 Å². The van der Waals surface area contributed by atoms with Crippen molar-refractivity contribution in [1.82, 2.24) is 10.3 Å². The van der Waals surface area contributed by atoms with Crippen molar-refractivity contribution < 1.29 is 9.90 Å². The van der Waals surface area contributed by atoms with E-state index in [1.807, 2.05) is 18.2 Å². The quantitative estimate of drug-likeness (QED) is 0.790. The average molecular weight is 277 g/mol. The van der Waals surface area contributed by atoms with Gasteiger partial charge in [0.1, 0.15) is 5.69 Å². The third-order valence-electron chi connectivity index (χ3n) is 3.38. The molecule has 1 aliphatic rings. The van der Waals surface area contributed by atoms with Gasteiger partial charge in [0, 0.05) is 17.5 Å². The number of aromatic nitrogens is 1. The minimum Gasteiger partial charge on any atom is -0.477 e. The fraction of sp³-hybridized carbons (Fsp3) is 0.214. The molecule has 4 nitrogen and oxygen atoms in total. The molecule has 3 N–H and O–H groups in total. The first-order valence-corrected chi connectivity index (χ1v) is 6.50. The molecule has 98 valence electrons. The predicted molar refractivity (Wildman–Crippen MR) is 75.7 cm³/mol. The molecule has 0 saturated heterocycles. The number of carboxylic acid groups (broad SMARTS) is 1. The van der Waals surface area contributed by atoms with E-state index in [0.29, 0.717) is 10.5 Å². The summed E-state index contributed by atoms with van der Waals surface area (Å²) in [6.07, 6.45) is 2.86. The first-order chi connectivity index (χ1) is 9.18. The molecule has 0 unspecified atom stereocenters. The number of aromatic carboxylic acids is 1. The second kappa shape index (κ2) is 4.72. The van der Waals surface area contributed by atoms with E-state index >= 15 is 0 Å². The summed E-state index contributed by atoms with van der Waals surface area (Å²) in [7, 11) is 0. The number of fused-ring (bicyclic) bond motifs is 1. The Balaban J connectivity index is 2.31. The summed E-state index contributed by atoms with van der Waals surface area (Å²) < 4.78 is 0. The molecule has 0 radical (unpaired) electrons. The van der Waals surface area contributed by atoms with Crippen LogP contribution in [0.25, 0.3) is 16.5 Å². The largest absolute Gasteiger partial charge is 0.477 e. The number of carboxylic acids is 1. The summed E-state index contributed by atoms with van der Waals surface area (Å²) in [4.78, 5) is 14.4. The van der Waals surface area contributed by atoms with E-state index in [0.717, 1.165) is 36.0 Å². The second-order valence-corrected chi connectivity index (χ2v) is 4.93. The van der Waals surface area contributed by atoms with Crippen LogP contribution in [0, 0.1) is 0 Å². The predicted octanol–water partition coefficient (Wildman–Crippen LogP) is 2.90. The van der Waals surface area contributed by atoms with Crippen molar-refractivity contribution in [2.24, 2.45) is 0 Å². The van der Waals surface area contributed by atoms with Crippen molar-refractivity contribution >= 4 is 34.0 Å². The van der Waals surface area contributed by atoms with E-state index in [9.17, 15) is 9.90 Å². The van der Waals surface area contributed by atoms with Gasteiger partial charge in [0.25, 0.3) is 0 Å². The van der Waals surface area contributed by atoms with Crippen LogP contribution >= 0.6 is 11.6 Å². The molecule has 1 aromatic carbocycles. The Morgan fingerprint density at radius 1 is 1.37 bits per heavy atom. The molecule has 0 spiro atoms. The van der Waals surface area contributed by atoms with E-state index in [1.54, 1.807) is 6.07 Å². The summed E-state index contributed by atoms with van der Waals surface area (Å²) in [5.41, 5.74) is 2.74. The highest BCUT2D eigenvalue weighted by molar-refractivity contribution is 6.35. The number of aromatic amines is 1. The zero-order valence-electron chi connectivity index (χ0n) is 10.2. The molecule has 1 aliphatic heterocycles. The Bertz CT molecular complexity index is 688. The zero-order chi connectivity index (χ0) is 13.4. The van der Waals surface area contributed by atoms with Gasteiger partial charge in [0.05, 0.1) is 10.5 Å². The number of rotatable bonds is 2. The highest BCUT2D eigenvalue weighted by Gasteiger charge is 2.21. The van der Waals surface area contributed by atoms with Crippen LogP contribution in [-0.4, -0.2) is 29.1 Å². The van der Waals surface area contributed by atoms with E-state index in [2.05, 4.69) is 10.3 Å². The van der Waals surface area contributed by atoms with Gasteiger partial charge in [-0.2, -0.15) is 0 Å². The molecular formula is C14H13ClN2O2. The molecule has 5 heteroatoms. The minimum atomic E-state index is -0.957. The molecule has 2 heterocycles. The van der Waals surface area contributed by atoms with E-state index in [1.165, 1.54) is 0 Å². The normalized spacial score (nSPS) is 15.5. The van der Waals surface area contributed by atoms with Crippen molar-refractivity contribution in [3.8, 4) is 0 Å². The number of halogens is 1. The van der Waals surface area contributed by atoms with E-state index in [4.69, 9.17) is 11.6 Å². The summed E-state index contributed by atoms with van der Waals surface area (Å²) in [6.45, 7) is 1.62. The average Bonchev–Trinajstić information content (AvgIpc) is 2.81. The van der Waals surface area contributed by atoms with Gasteiger partial charge in [-0.25, -0.2) is 4.79 Å². The van der Waals surface area contributed by atoms with Crippen molar-refractivity contribution in [3.63, 3.8) is 0 Å². The first kappa shape index (κ1) is 12.3. The van der Waals surface area contributed by atoms with Gasteiger partial charge in [-0.3, -0.25) is 0 Å². The van der Waals surface area contributed by atoms with Crippen molar-refractivity contribution in [3.05, 3.63) is 40.6 Å². The molecule has 1 aromatic heterocycles. The summed E-state index contributed by atoms with van der Waals surface area (Å²) in [5, 5.41) is 14.0. The standard InChI is InChI=1S/C14H13ClN2O2/c15-10-3-1-2-9-11(8-4-6-16-7-5-8)13(14(18)19)17-12(9)10/h1-4,16-17H,5-7H2,(H,18,19). The van der Waals surface area contributed by atoms with Crippen LogP contribution in [0.4, 0.5) is 0 Å². The lowest BCUT2D eigenvalue weighted by Crippen LogP contribution is -2.20. The van der Waals surface area contributed by atoms with Gasteiger partial charge in [-0.05, 0) is 24.6 Å². The molecule has 0 amide bonds. The molecule has 0 aliphatic carbocycles. The molecule has 19 heavy (non-hydrogen) atoms. The Morgan fingerprint density at radius 3 is 2.89 bits per heavy atom. The maximum atomic E-state index is 11.4. The monoisotopic (exact) mass is 276 g/mol. The summed E-state index contributed by atoms with van der Waals surface area (Å²) in [6, 6.07) is 5.50. The topological polar surface area (TPSA) is 65.1 Å². The number of carbonyl (C=O) groups is 1. The third-order valence-corrected chi connectivity index (χ3v) is 3.70. The number of para-hydroxylation sites is 1. The smallest absolute Gasteiger partial charge is 0.352 e. The number of benzene rings is 1. The van der Waals surface area contributed by atoms with Crippen LogP contribution in [0.5, 0.6) is 0 Å². The van der Waals surface area contributed by atoms with Crippen molar-refractivity contribution in [2.75, 3.05) is 13.1 Å². The minimum absolute atomic E-state index is 0.219. The van der Waals surface area contributed by atoms with E-state index in [-0.39, 0.29) is 5.69 Å².